The second-order valence-corrected chi connectivity index (χ2v) is 6.05. The summed E-state index contributed by atoms with van der Waals surface area (Å²) in [5.74, 6) is 0.998. The molecule has 0 radical (unpaired) electrons. The molecule has 2 fully saturated rings. The molecule has 0 amide bonds. The van der Waals surface area contributed by atoms with Crippen LogP contribution in [0, 0.1) is 6.92 Å². The number of aryl methyl sites for hydroxylation is 1. The lowest BCUT2D eigenvalue weighted by molar-refractivity contribution is 0.268. The highest BCUT2D eigenvalue weighted by molar-refractivity contribution is 5.62. The molecule has 2 atom stereocenters. The molecule has 0 aliphatic carbocycles. The van der Waals surface area contributed by atoms with Crippen molar-refractivity contribution in [3.63, 3.8) is 0 Å². The number of anilines is 1. The van der Waals surface area contributed by atoms with Gasteiger partial charge in [-0.15, -0.1) is 0 Å². The van der Waals surface area contributed by atoms with E-state index in [9.17, 15) is 0 Å². The van der Waals surface area contributed by atoms with Gasteiger partial charge in [0.15, 0.2) is 0 Å². The lowest BCUT2D eigenvalue weighted by Gasteiger charge is -2.50. The van der Waals surface area contributed by atoms with E-state index in [1.165, 1.54) is 30.5 Å². The monoisotopic (exact) mass is 260 g/mol. The van der Waals surface area contributed by atoms with Crippen molar-refractivity contribution in [1.82, 2.24) is 0 Å². The summed E-state index contributed by atoms with van der Waals surface area (Å²) in [6.07, 6.45) is 6.11. The number of benzene rings is 1. The Hall–Kier alpha value is -1.22. The number of nitrogens with two attached hydrogens (primary N) is 1. The van der Waals surface area contributed by atoms with Gasteiger partial charge in [0.2, 0.25) is 0 Å². The molecule has 19 heavy (non-hydrogen) atoms. The largest absolute Gasteiger partial charge is 0.495 e. The number of nitrogens with zero attached hydrogens (tertiary/aromatic N) is 1. The molecule has 2 unspecified atom stereocenters. The van der Waals surface area contributed by atoms with E-state index in [1.54, 1.807) is 7.11 Å². The smallest absolute Gasteiger partial charge is 0.142 e. The van der Waals surface area contributed by atoms with E-state index < -0.39 is 0 Å². The van der Waals surface area contributed by atoms with Gasteiger partial charge in [0, 0.05) is 18.1 Å². The molecule has 2 aliphatic rings. The van der Waals surface area contributed by atoms with E-state index in [0.29, 0.717) is 18.1 Å². The molecule has 0 aromatic heterocycles. The number of methoxy groups -OCH3 is 1. The third-order valence-electron chi connectivity index (χ3n) is 4.62. The van der Waals surface area contributed by atoms with Gasteiger partial charge in [-0.3, -0.25) is 0 Å². The number of piperidine rings is 2. The Morgan fingerprint density at radius 3 is 2.53 bits per heavy atom. The standard InChI is InChI=1S/C16H24N2O/c1-11-6-7-16(19-2)15(8-11)18-13-4-3-5-14(18)10-12(17)9-13/h6-8,12-14H,3-5,9-10,17H2,1-2H3. The van der Waals surface area contributed by atoms with Gasteiger partial charge in [-0.25, -0.2) is 0 Å². The zero-order chi connectivity index (χ0) is 13.4. The van der Waals surface area contributed by atoms with Gasteiger partial charge in [0.25, 0.3) is 0 Å². The van der Waals surface area contributed by atoms with Crippen molar-refractivity contribution in [2.45, 2.75) is 57.2 Å². The highest BCUT2D eigenvalue weighted by atomic mass is 16.5. The number of rotatable bonds is 2. The summed E-state index contributed by atoms with van der Waals surface area (Å²) in [5.41, 5.74) is 8.77. The van der Waals surface area contributed by atoms with Crippen molar-refractivity contribution in [1.29, 1.82) is 0 Å². The van der Waals surface area contributed by atoms with Gasteiger partial charge in [0.1, 0.15) is 5.75 Å². The molecule has 2 aliphatic heterocycles. The summed E-state index contributed by atoms with van der Waals surface area (Å²) in [7, 11) is 1.76. The third-order valence-corrected chi connectivity index (χ3v) is 4.62. The average Bonchev–Trinajstić information content (AvgIpc) is 2.37. The van der Waals surface area contributed by atoms with Gasteiger partial charge in [-0.05, 0) is 56.7 Å². The minimum Gasteiger partial charge on any atom is -0.495 e. The SMILES string of the molecule is COc1ccc(C)cc1N1C2CCCC1CC(N)C2. The average molecular weight is 260 g/mol. The zero-order valence-electron chi connectivity index (χ0n) is 11.9. The quantitative estimate of drug-likeness (QED) is 0.888. The van der Waals surface area contributed by atoms with Crippen molar-refractivity contribution in [3.05, 3.63) is 23.8 Å². The third kappa shape index (κ3) is 2.32. The van der Waals surface area contributed by atoms with Gasteiger partial charge < -0.3 is 15.4 Å². The normalized spacial score (nSPS) is 30.3. The predicted molar refractivity (Wildman–Crippen MR) is 78.8 cm³/mol. The second kappa shape index (κ2) is 5.04. The van der Waals surface area contributed by atoms with Crippen LogP contribution in [0.1, 0.15) is 37.7 Å². The minimum absolute atomic E-state index is 0.377. The maximum absolute atomic E-state index is 6.21. The van der Waals surface area contributed by atoms with Crippen LogP contribution < -0.4 is 15.4 Å². The van der Waals surface area contributed by atoms with E-state index >= 15 is 0 Å². The topological polar surface area (TPSA) is 38.5 Å². The van der Waals surface area contributed by atoms with Crippen LogP contribution in [0.25, 0.3) is 0 Å². The minimum atomic E-state index is 0.377. The predicted octanol–water partition coefficient (Wildman–Crippen LogP) is 2.85. The summed E-state index contributed by atoms with van der Waals surface area (Å²) in [4.78, 5) is 2.60. The number of hydrogen-bond acceptors (Lipinski definition) is 3. The van der Waals surface area contributed by atoms with Gasteiger partial charge in [-0.2, -0.15) is 0 Å². The van der Waals surface area contributed by atoms with E-state index in [0.717, 1.165) is 18.6 Å². The molecular weight excluding hydrogens is 236 g/mol. The summed E-state index contributed by atoms with van der Waals surface area (Å²) < 4.78 is 5.57. The fourth-order valence-corrected chi connectivity index (χ4v) is 3.82. The molecule has 3 heteroatoms. The van der Waals surface area contributed by atoms with Gasteiger partial charge in [-0.1, -0.05) is 6.07 Å². The maximum atomic E-state index is 6.21. The molecule has 1 aromatic rings. The first-order valence-corrected chi connectivity index (χ1v) is 7.37. The summed E-state index contributed by atoms with van der Waals surface area (Å²) in [6.45, 7) is 2.15. The maximum Gasteiger partial charge on any atom is 0.142 e. The molecule has 0 saturated carbocycles. The van der Waals surface area contributed by atoms with Crippen LogP contribution in [-0.4, -0.2) is 25.2 Å². The summed E-state index contributed by atoms with van der Waals surface area (Å²) in [6, 6.07) is 8.04. The van der Waals surface area contributed by atoms with Crippen LogP contribution in [-0.2, 0) is 0 Å². The highest BCUT2D eigenvalue weighted by Crippen LogP contribution is 2.41. The lowest BCUT2D eigenvalue weighted by Crippen LogP contribution is -2.55. The van der Waals surface area contributed by atoms with Crippen LogP contribution in [0.15, 0.2) is 18.2 Å². The fraction of sp³-hybridized carbons (Fsp3) is 0.625. The Labute approximate surface area is 115 Å². The summed E-state index contributed by atoms with van der Waals surface area (Å²) >= 11 is 0. The van der Waals surface area contributed by atoms with E-state index in [4.69, 9.17) is 10.5 Å². The Morgan fingerprint density at radius 2 is 1.89 bits per heavy atom. The van der Waals surface area contributed by atoms with Crippen LogP contribution >= 0.6 is 0 Å². The lowest BCUT2D eigenvalue weighted by atomic mass is 9.81. The molecule has 2 heterocycles. The number of fused-ring (bicyclic) bond motifs is 2. The van der Waals surface area contributed by atoms with E-state index in [-0.39, 0.29) is 0 Å². The van der Waals surface area contributed by atoms with E-state index in [2.05, 4.69) is 30.0 Å². The first-order chi connectivity index (χ1) is 9.19. The van der Waals surface area contributed by atoms with Crippen LogP contribution in [0.2, 0.25) is 0 Å². The van der Waals surface area contributed by atoms with Gasteiger partial charge in [0.05, 0.1) is 12.8 Å². The molecule has 2 saturated heterocycles. The molecular formula is C16H24N2O. The van der Waals surface area contributed by atoms with E-state index in [1.807, 2.05) is 0 Å². The van der Waals surface area contributed by atoms with Crippen molar-refractivity contribution in [2.24, 2.45) is 5.73 Å². The Morgan fingerprint density at radius 1 is 1.21 bits per heavy atom. The van der Waals surface area contributed by atoms with Gasteiger partial charge >= 0.3 is 0 Å². The highest BCUT2D eigenvalue weighted by Gasteiger charge is 2.38. The molecule has 3 rings (SSSR count). The summed E-state index contributed by atoms with van der Waals surface area (Å²) in [5, 5.41) is 0. The van der Waals surface area contributed by atoms with Crippen molar-refractivity contribution >= 4 is 5.69 Å². The first kappa shape index (κ1) is 12.8. The number of hydrogen-bond donors (Lipinski definition) is 1. The van der Waals surface area contributed by atoms with Crippen molar-refractivity contribution in [3.8, 4) is 5.75 Å². The Bertz CT molecular complexity index is 446. The molecule has 104 valence electrons. The van der Waals surface area contributed by atoms with Crippen LogP contribution in [0.3, 0.4) is 0 Å². The van der Waals surface area contributed by atoms with Crippen LogP contribution in [0.4, 0.5) is 5.69 Å². The van der Waals surface area contributed by atoms with Crippen molar-refractivity contribution in [2.75, 3.05) is 12.0 Å². The molecule has 0 spiro atoms. The fourth-order valence-electron chi connectivity index (χ4n) is 3.82. The molecule has 3 nitrogen and oxygen atoms in total. The first-order valence-electron chi connectivity index (χ1n) is 7.37. The Kier molecular flexibility index (Phi) is 3.40. The Balaban J connectivity index is 1.98. The van der Waals surface area contributed by atoms with Crippen LogP contribution in [0.5, 0.6) is 5.75 Å². The molecule has 2 N–H and O–H groups in total. The number of ether oxygens (including phenoxy) is 1. The zero-order valence-corrected chi connectivity index (χ0v) is 11.9. The van der Waals surface area contributed by atoms with Crippen molar-refractivity contribution < 1.29 is 4.74 Å². The molecule has 2 bridgehead atoms. The molecule has 1 aromatic carbocycles. The second-order valence-electron chi connectivity index (χ2n) is 6.05.